The molecule has 0 bridgehead atoms. The molecule has 1 aromatic heterocycles. The fourth-order valence-electron chi connectivity index (χ4n) is 2.18. The molecule has 0 aliphatic carbocycles. The average molecular weight is 359 g/mol. The zero-order valence-corrected chi connectivity index (χ0v) is 14.5. The first kappa shape index (κ1) is 16.4. The number of ether oxygens (including phenoxy) is 1. The van der Waals surface area contributed by atoms with Gasteiger partial charge in [-0.05, 0) is 54.5 Å². The third-order valence-electron chi connectivity index (χ3n) is 3.32. The summed E-state index contributed by atoms with van der Waals surface area (Å²) in [5.41, 5.74) is 9.11. The number of hydrogen-bond acceptors (Lipinski definition) is 4. The Labute approximate surface area is 149 Å². The summed E-state index contributed by atoms with van der Waals surface area (Å²) in [6.45, 7) is 2.32. The van der Waals surface area contributed by atoms with Crippen LogP contribution in [0.5, 0.6) is 5.88 Å². The van der Waals surface area contributed by atoms with Crippen LogP contribution in [0, 0.1) is 6.92 Å². The standard InChI is InChI=1S/C17H15ClN4OS/c1-10-2-7-13-14(8-10)20-15(22-17(19)24)16(21-13)23-9-11-3-5-12(18)6-4-11/h2-8H,9H2,1H3,(H3,19,20,22,24). The van der Waals surface area contributed by atoms with E-state index in [1.807, 2.05) is 49.4 Å². The van der Waals surface area contributed by atoms with Crippen LogP contribution in [-0.2, 0) is 6.61 Å². The van der Waals surface area contributed by atoms with Gasteiger partial charge >= 0.3 is 0 Å². The molecule has 0 atom stereocenters. The van der Waals surface area contributed by atoms with Crippen molar-refractivity contribution in [3.05, 3.63) is 58.6 Å². The van der Waals surface area contributed by atoms with Crippen LogP contribution in [0.2, 0.25) is 5.02 Å². The molecule has 0 radical (unpaired) electrons. The molecule has 2 aromatic carbocycles. The first-order valence-electron chi connectivity index (χ1n) is 7.23. The molecule has 3 N–H and O–H groups in total. The molecule has 7 heteroatoms. The Bertz CT molecular complexity index is 899. The van der Waals surface area contributed by atoms with E-state index in [2.05, 4.69) is 15.3 Å². The number of nitrogens with one attached hydrogen (secondary N) is 1. The van der Waals surface area contributed by atoms with Gasteiger partial charge in [0, 0.05) is 5.02 Å². The lowest BCUT2D eigenvalue weighted by atomic mass is 10.2. The van der Waals surface area contributed by atoms with E-state index in [1.165, 1.54) is 0 Å². The van der Waals surface area contributed by atoms with Gasteiger partial charge in [0.05, 0.1) is 11.0 Å². The molecule has 3 aromatic rings. The second-order valence-electron chi connectivity index (χ2n) is 5.27. The minimum Gasteiger partial charge on any atom is -0.470 e. The van der Waals surface area contributed by atoms with Gasteiger partial charge in [-0.1, -0.05) is 29.8 Å². The predicted octanol–water partition coefficient (Wildman–Crippen LogP) is 3.83. The number of thiocarbonyl (C=S) groups is 1. The van der Waals surface area contributed by atoms with Gasteiger partial charge in [0.15, 0.2) is 10.9 Å². The lowest BCUT2D eigenvalue weighted by Crippen LogP contribution is -2.20. The van der Waals surface area contributed by atoms with Crippen molar-refractivity contribution in [3.63, 3.8) is 0 Å². The molecule has 0 saturated heterocycles. The highest BCUT2D eigenvalue weighted by Gasteiger charge is 2.11. The first-order chi connectivity index (χ1) is 11.5. The van der Waals surface area contributed by atoms with Gasteiger partial charge in [0.1, 0.15) is 6.61 Å². The van der Waals surface area contributed by atoms with Crippen LogP contribution < -0.4 is 15.8 Å². The molecular weight excluding hydrogens is 344 g/mol. The summed E-state index contributed by atoms with van der Waals surface area (Å²) in [5.74, 6) is 0.740. The Morgan fingerprint density at radius 1 is 1.17 bits per heavy atom. The normalized spacial score (nSPS) is 10.6. The molecule has 0 spiro atoms. The van der Waals surface area contributed by atoms with Crippen molar-refractivity contribution >= 4 is 45.8 Å². The van der Waals surface area contributed by atoms with Crippen LogP contribution in [0.3, 0.4) is 0 Å². The molecule has 5 nitrogen and oxygen atoms in total. The third-order valence-corrected chi connectivity index (χ3v) is 3.67. The van der Waals surface area contributed by atoms with Gasteiger partial charge in [0.2, 0.25) is 0 Å². The van der Waals surface area contributed by atoms with E-state index in [-0.39, 0.29) is 5.11 Å². The Hall–Kier alpha value is -2.44. The Balaban J connectivity index is 1.93. The summed E-state index contributed by atoms with van der Waals surface area (Å²) >= 11 is 10.8. The Morgan fingerprint density at radius 3 is 2.62 bits per heavy atom. The number of benzene rings is 2. The van der Waals surface area contributed by atoms with E-state index < -0.39 is 0 Å². The molecular formula is C17H15ClN4OS. The summed E-state index contributed by atoms with van der Waals surface area (Å²) in [5, 5.41) is 3.60. The van der Waals surface area contributed by atoms with Crippen LogP contribution in [0.25, 0.3) is 11.0 Å². The highest BCUT2D eigenvalue weighted by atomic mass is 35.5. The molecule has 0 amide bonds. The van der Waals surface area contributed by atoms with Gasteiger partial charge in [-0.25, -0.2) is 9.97 Å². The van der Waals surface area contributed by atoms with E-state index in [4.69, 9.17) is 34.3 Å². The van der Waals surface area contributed by atoms with Gasteiger partial charge in [-0.15, -0.1) is 0 Å². The van der Waals surface area contributed by atoms with E-state index in [0.717, 1.165) is 22.2 Å². The molecule has 0 fully saturated rings. The monoisotopic (exact) mass is 358 g/mol. The lowest BCUT2D eigenvalue weighted by molar-refractivity contribution is 0.296. The van der Waals surface area contributed by atoms with Crippen molar-refractivity contribution in [2.75, 3.05) is 5.32 Å². The quantitative estimate of drug-likeness (QED) is 0.690. The fourth-order valence-corrected chi connectivity index (χ4v) is 2.40. The zero-order valence-electron chi connectivity index (χ0n) is 12.9. The van der Waals surface area contributed by atoms with Gasteiger partial charge in [-0.3, -0.25) is 0 Å². The molecule has 0 aliphatic rings. The summed E-state index contributed by atoms with van der Waals surface area (Å²) < 4.78 is 5.81. The molecule has 24 heavy (non-hydrogen) atoms. The number of aromatic nitrogens is 2. The molecule has 122 valence electrons. The SMILES string of the molecule is Cc1ccc2nc(OCc3ccc(Cl)cc3)c(NC(N)=S)nc2c1. The number of nitrogens with zero attached hydrogens (tertiary/aromatic N) is 2. The van der Waals surface area contributed by atoms with Crippen LogP contribution in [0.15, 0.2) is 42.5 Å². The minimum atomic E-state index is 0.104. The number of fused-ring (bicyclic) bond motifs is 1. The second kappa shape index (κ2) is 6.98. The maximum atomic E-state index is 5.89. The van der Waals surface area contributed by atoms with E-state index in [0.29, 0.717) is 23.3 Å². The maximum absolute atomic E-state index is 5.89. The molecule has 0 saturated carbocycles. The lowest BCUT2D eigenvalue weighted by Gasteiger charge is -2.12. The summed E-state index contributed by atoms with van der Waals surface area (Å²) in [6, 6.07) is 13.2. The van der Waals surface area contributed by atoms with Crippen molar-refractivity contribution < 1.29 is 4.74 Å². The van der Waals surface area contributed by atoms with E-state index in [9.17, 15) is 0 Å². The predicted molar refractivity (Wildman–Crippen MR) is 100 cm³/mol. The number of halogens is 1. The first-order valence-corrected chi connectivity index (χ1v) is 8.02. The van der Waals surface area contributed by atoms with Gasteiger partial charge < -0.3 is 15.8 Å². The number of nitrogens with two attached hydrogens (primary N) is 1. The van der Waals surface area contributed by atoms with Gasteiger partial charge in [0.25, 0.3) is 5.88 Å². The van der Waals surface area contributed by atoms with Crippen LogP contribution >= 0.6 is 23.8 Å². The Morgan fingerprint density at radius 2 is 1.92 bits per heavy atom. The Kier molecular flexibility index (Phi) is 4.78. The molecule has 0 aliphatic heterocycles. The summed E-state index contributed by atoms with van der Waals surface area (Å²) in [6.07, 6.45) is 0. The van der Waals surface area contributed by atoms with Crippen LogP contribution in [-0.4, -0.2) is 15.1 Å². The average Bonchev–Trinajstić information content (AvgIpc) is 2.54. The number of aryl methyl sites for hydroxylation is 1. The summed E-state index contributed by atoms with van der Waals surface area (Å²) in [7, 11) is 0. The maximum Gasteiger partial charge on any atom is 0.258 e. The smallest absolute Gasteiger partial charge is 0.258 e. The molecule has 1 heterocycles. The zero-order chi connectivity index (χ0) is 17.1. The van der Waals surface area contributed by atoms with Crippen molar-refractivity contribution in [2.45, 2.75) is 13.5 Å². The van der Waals surface area contributed by atoms with Gasteiger partial charge in [-0.2, -0.15) is 0 Å². The number of rotatable bonds is 4. The topological polar surface area (TPSA) is 73.1 Å². The number of anilines is 1. The van der Waals surface area contributed by atoms with Crippen LogP contribution in [0.1, 0.15) is 11.1 Å². The van der Waals surface area contributed by atoms with Crippen molar-refractivity contribution in [3.8, 4) is 5.88 Å². The largest absolute Gasteiger partial charge is 0.470 e. The number of hydrogen-bond donors (Lipinski definition) is 2. The third kappa shape index (κ3) is 3.90. The minimum absolute atomic E-state index is 0.104. The van der Waals surface area contributed by atoms with Crippen molar-refractivity contribution in [1.82, 2.24) is 9.97 Å². The highest BCUT2D eigenvalue weighted by Crippen LogP contribution is 2.25. The molecule has 0 unspecified atom stereocenters. The van der Waals surface area contributed by atoms with E-state index >= 15 is 0 Å². The highest BCUT2D eigenvalue weighted by molar-refractivity contribution is 7.80. The molecule has 3 rings (SSSR count). The fraction of sp³-hybridized carbons (Fsp3) is 0.118. The second-order valence-corrected chi connectivity index (χ2v) is 6.15. The van der Waals surface area contributed by atoms with Crippen molar-refractivity contribution in [1.29, 1.82) is 0 Å². The van der Waals surface area contributed by atoms with Crippen molar-refractivity contribution in [2.24, 2.45) is 5.73 Å². The summed E-state index contributed by atoms with van der Waals surface area (Å²) in [4.78, 5) is 9.03. The van der Waals surface area contributed by atoms with Crippen LogP contribution in [0.4, 0.5) is 5.82 Å². The van der Waals surface area contributed by atoms with E-state index in [1.54, 1.807) is 0 Å².